The van der Waals surface area contributed by atoms with Crippen LogP contribution in [0, 0.1) is 6.92 Å². The van der Waals surface area contributed by atoms with Gasteiger partial charge >= 0.3 is 0 Å². The fourth-order valence-corrected chi connectivity index (χ4v) is 3.28. The Morgan fingerprint density at radius 2 is 1.77 bits per heavy atom. The standard InChI is InChI=1S/C18H18Cl2N2/c1-13-15(10-11-21-20)16-7-3-5-9-18(16)22(13)12-14-6-2-4-8-17(14)19/h2-9,21H,10-12H2,1H3. The first kappa shape index (κ1) is 15.4. The van der Waals surface area contributed by atoms with Gasteiger partial charge in [-0.1, -0.05) is 48.0 Å². The molecule has 2 aromatic carbocycles. The maximum Gasteiger partial charge on any atom is 0.0493 e. The molecule has 0 fully saturated rings. The highest BCUT2D eigenvalue weighted by Crippen LogP contribution is 2.28. The highest BCUT2D eigenvalue weighted by Gasteiger charge is 2.14. The van der Waals surface area contributed by atoms with Crippen molar-refractivity contribution < 1.29 is 0 Å². The summed E-state index contributed by atoms with van der Waals surface area (Å²) in [6.45, 7) is 3.70. The lowest BCUT2D eigenvalue weighted by Crippen LogP contribution is -2.07. The van der Waals surface area contributed by atoms with Crippen LogP contribution >= 0.6 is 23.4 Å². The molecule has 0 atom stereocenters. The van der Waals surface area contributed by atoms with E-state index in [-0.39, 0.29) is 0 Å². The third-order valence-corrected chi connectivity index (χ3v) is 4.68. The van der Waals surface area contributed by atoms with Gasteiger partial charge in [0.2, 0.25) is 0 Å². The van der Waals surface area contributed by atoms with E-state index in [1.54, 1.807) is 0 Å². The monoisotopic (exact) mass is 332 g/mol. The SMILES string of the molecule is Cc1c(CCNCl)c2ccccc2n1Cc1ccccc1Cl. The van der Waals surface area contributed by atoms with Crippen LogP contribution in [0.2, 0.25) is 5.02 Å². The number of fused-ring (bicyclic) bond motifs is 1. The molecule has 114 valence electrons. The maximum atomic E-state index is 6.33. The molecule has 3 aromatic rings. The van der Waals surface area contributed by atoms with Crippen molar-refractivity contribution in [3.05, 3.63) is 70.4 Å². The lowest BCUT2D eigenvalue weighted by atomic mass is 10.1. The Morgan fingerprint density at radius 3 is 2.55 bits per heavy atom. The number of benzene rings is 2. The molecule has 22 heavy (non-hydrogen) atoms. The molecule has 1 aromatic heterocycles. The van der Waals surface area contributed by atoms with Crippen molar-refractivity contribution in [1.82, 2.24) is 9.40 Å². The summed E-state index contributed by atoms with van der Waals surface area (Å²) in [6.07, 6.45) is 0.908. The zero-order chi connectivity index (χ0) is 15.5. The molecule has 0 aliphatic heterocycles. The summed E-state index contributed by atoms with van der Waals surface area (Å²) in [5.41, 5.74) is 4.99. The lowest BCUT2D eigenvalue weighted by molar-refractivity contribution is 0.788. The maximum absolute atomic E-state index is 6.33. The number of nitrogens with zero attached hydrogens (tertiary/aromatic N) is 1. The minimum Gasteiger partial charge on any atom is -0.340 e. The topological polar surface area (TPSA) is 17.0 Å². The Bertz CT molecular complexity index is 793. The minimum absolute atomic E-state index is 0.752. The number of nitrogens with one attached hydrogen (secondary N) is 1. The number of rotatable bonds is 5. The van der Waals surface area contributed by atoms with Gasteiger partial charge in [0.25, 0.3) is 0 Å². The van der Waals surface area contributed by atoms with Gasteiger partial charge in [-0.2, -0.15) is 0 Å². The number of halogens is 2. The van der Waals surface area contributed by atoms with E-state index in [9.17, 15) is 0 Å². The number of hydrogen-bond acceptors (Lipinski definition) is 1. The van der Waals surface area contributed by atoms with Crippen LogP contribution in [0.3, 0.4) is 0 Å². The largest absolute Gasteiger partial charge is 0.340 e. The van der Waals surface area contributed by atoms with Gasteiger partial charge in [0, 0.05) is 34.7 Å². The molecule has 0 amide bonds. The zero-order valence-corrected chi connectivity index (χ0v) is 14.0. The molecule has 0 aliphatic carbocycles. The van der Waals surface area contributed by atoms with Crippen LogP contribution in [-0.2, 0) is 13.0 Å². The average molecular weight is 333 g/mol. The van der Waals surface area contributed by atoms with Crippen LogP contribution in [-0.4, -0.2) is 11.1 Å². The summed E-state index contributed by atoms with van der Waals surface area (Å²) in [4.78, 5) is 2.72. The molecule has 1 heterocycles. The fraction of sp³-hybridized carbons (Fsp3) is 0.222. The zero-order valence-electron chi connectivity index (χ0n) is 12.4. The van der Waals surface area contributed by atoms with Crippen LogP contribution < -0.4 is 4.84 Å². The molecule has 3 rings (SSSR count). The van der Waals surface area contributed by atoms with Crippen molar-refractivity contribution in [3.63, 3.8) is 0 Å². The van der Waals surface area contributed by atoms with E-state index in [4.69, 9.17) is 23.4 Å². The van der Waals surface area contributed by atoms with Gasteiger partial charge in [-0.3, -0.25) is 0 Å². The van der Waals surface area contributed by atoms with E-state index in [0.29, 0.717) is 0 Å². The molecule has 0 aliphatic rings. The first-order valence-electron chi connectivity index (χ1n) is 7.36. The molecule has 0 bridgehead atoms. The smallest absolute Gasteiger partial charge is 0.0493 e. The van der Waals surface area contributed by atoms with Crippen LogP contribution in [0.15, 0.2) is 48.5 Å². The van der Waals surface area contributed by atoms with E-state index < -0.39 is 0 Å². The Labute approximate surface area is 140 Å². The second-order valence-electron chi connectivity index (χ2n) is 5.39. The van der Waals surface area contributed by atoms with Crippen molar-refractivity contribution >= 4 is 34.3 Å². The molecule has 0 unspecified atom stereocenters. The summed E-state index contributed by atoms with van der Waals surface area (Å²) in [5, 5.41) is 2.10. The second-order valence-corrected chi connectivity index (χ2v) is 6.07. The molecule has 1 N–H and O–H groups in total. The van der Waals surface area contributed by atoms with Gasteiger partial charge in [0.1, 0.15) is 0 Å². The van der Waals surface area contributed by atoms with Crippen LogP contribution in [0.5, 0.6) is 0 Å². The van der Waals surface area contributed by atoms with Gasteiger partial charge in [0.05, 0.1) is 0 Å². The fourth-order valence-electron chi connectivity index (χ4n) is 2.99. The molecule has 0 spiro atoms. The lowest BCUT2D eigenvalue weighted by Gasteiger charge is -2.10. The van der Waals surface area contributed by atoms with Crippen LogP contribution in [0.1, 0.15) is 16.8 Å². The number of para-hydroxylation sites is 1. The van der Waals surface area contributed by atoms with Gasteiger partial charge < -0.3 is 4.57 Å². The summed E-state index contributed by atoms with van der Waals surface area (Å²) in [6, 6.07) is 16.5. The summed E-state index contributed by atoms with van der Waals surface area (Å²) >= 11 is 12.0. The summed E-state index contributed by atoms with van der Waals surface area (Å²) in [5.74, 6) is 0. The molecule has 2 nitrogen and oxygen atoms in total. The molecule has 0 saturated heterocycles. The summed E-state index contributed by atoms with van der Waals surface area (Å²) < 4.78 is 2.33. The predicted molar refractivity (Wildman–Crippen MR) is 94.8 cm³/mol. The Balaban J connectivity index is 2.09. The normalized spacial score (nSPS) is 11.2. The molecular formula is C18H18Cl2N2. The van der Waals surface area contributed by atoms with Crippen molar-refractivity contribution in [2.45, 2.75) is 19.9 Å². The average Bonchev–Trinajstić information content (AvgIpc) is 2.80. The van der Waals surface area contributed by atoms with Crippen LogP contribution in [0.25, 0.3) is 10.9 Å². The predicted octanol–water partition coefficient (Wildman–Crippen LogP) is 4.94. The van der Waals surface area contributed by atoms with E-state index in [1.165, 1.54) is 22.2 Å². The highest BCUT2D eigenvalue weighted by atomic mass is 35.5. The van der Waals surface area contributed by atoms with Crippen LogP contribution in [0.4, 0.5) is 0 Å². The Hall–Kier alpha value is -1.48. The molecular weight excluding hydrogens is 315 g/mol. The summed E-state index contributed by atoms with van der Waals surface area (Å²) in [7, 11) is 0. The van der Waals surface area contributed by atoms with Crippen molar-refractivity contribution in [1.29, 1.82) is 0 Å². The van der Waals surface area contributed by atoms with E-state index in [2.05, 4.69) is 46.7 Å². The number of aromatic nitrogens is 1. The first-order valence-corrected chi connectivity index (χ1v) is 8.11. The van der Waals surface area contributed by atoms with Crippen molar-refractivity contribution in [2.24, 2.45) is 0 Å². The molecule has 4 heteroatoms. The van der Waals surface area contributed by atoms with Gasteiger partial charge in [-0.05, 0) is 48.4 Å². The van der Waals surface area contributed by atoms with Crippen molar-refractivity contribution in [2.75, 3.05) is 6.54 Å². The van der Waals surface area contributed by atoms with Gasteiger partial charge in [-0.25, -0.2) is 4.84 Å². The Kier molecular flexibility index (Phi) is 4.72. The number of hydrogen-bond donors (Lipinski definition) is 1. The van der Waals surface area contributed by atoms with E-state index >= 15 is 0 Å². The van der Waals surface area contributed by atoms with Gasteiger partial charge in [-0.15, -0.1) is 0 Å². The highest BCUT2D eigenvalue weighted by molar-refractivity contribution is 6.31. The minimum atomic E-state index is 0.752. The molecule has 0 radical (unpaired) electrons. The third-order valence-electron chi connectivity index (χ3n) is 4.12. The second kappa shape index (κ2) is 6.74. The van der Waals surface area contributed by atoms with E-state index in [1.807, 2.05) is 18.2 Å². The Morgan fingerprint density at radius 1 is 1.05 bits per heavy atom. The van der Waals surface area contributed by atoms with Crippen molar-refractivity contribution in [3.8, 4) is 0 Å². The first-order chi connectivity index (χ1) is 10.7. The molecule has 0 saturated carbocycles. The van der Waals surface area contributed by atoms with Gasteiger partial charge in [0.15, 0.2) is 0 Å². The quantitative estimate of drug-likeness (QED) is 0.655. The van der Waals surface area contributed by atoms with E-state index in [0.717, 1.165) is 30.1 Å². The third kappa shape index (κ3) is 2.87.